The van der Waals surface area contributed by atoms with E-state index in [-0.39, 0.29) is 29.2 Å². The lowest BCUT2D eigenvalue weighted by atomic mass is 10.1. The fraction of sp³-hybridized carbons (Fsp3) is 0.471. The highest BCUT2D eigenvalue weighted by Gasteiger charge is 2.34. The van der Waals surface area contributed by atoms with Crippen molar-refractivity contribution in [1.82, 2.24) is 4.90 Å². The van der Waals surface area contributed by atoms with E-state index in [1.165, 1.54) is 4.90 Å². The summed E-state index contributed by atoms with van der Waals surface area (Å²) >= 11 is 0. The zero-order valence-corrected chi connectivity index (χ0v) is 14.9. The van der Waals surface area contributed by atoms with Gasteiger partial charge in [0, 0.05) is 24.0 Å². The van der Waals surface area contributed by atoms with Crippen LogP contribution >= 0.6 is 0 Å². The smallest absolute Gasteiger partial charge is 0.289 e. The van der Waals surface area contributed by atoms with Crippen molar-refractivity contribution >= 4 is 26.7 Å². The van der Waals surface area contributed by atoms with Gasteiger partial charge in [-0.2, -0.15) is 0 Å². The first-order valence-corrected chi connectivity index (χ1v) is 9.78. The molecule has 1 amide bonds. The van der Waals surface area contributed by atoms with Crippen LogP contribution in [0.1, 0.15) is 29.5 Å². The van der Waals surface area contributed by atoms with E-state index in [4.69, 9.17) is 9.15 Å². The molecule has 7 heteroatoms. The third kappa shape index (κ3) is 3.00. The number of furan rings is 1. The number of benzene rings is 1. The van der Waals surface area contributed by atoms with Crippen molar-refractivity contribution in [2.75, 3.05) is 25.2 Å². The van der Waals surface area contributed by atoms with Gasteiger partial charge in [0.1, 0.15) is 11.3 Å². The van der Waals surface area contributed by atoms with Gasteiger partial charge in [-0.1, -0.05) is 0 Å². The number of amides is 1. The number of rotatable bonds is 4. The summed E-state index contributed by atoms with van der Waals surface area (Å²) in [6, 6.07) is 5.14. The number of aryl methyl sites for hydroxylation is 1. The maximum Gasteiger partial charge on any atom is 0.289 e. The summed E-state index contributed by atoms with van der Waals surface area (Å²) in [7, 11) is -1.41. The van der Waals surface area contributed by atoms with Gasteiger partial charge in [0.25, 0.3) is 5.91 Å². The highest BCUT2D eigenvalue weighted by molar-refractivity contribution is 7.91. The van der Waals surface area contributed by atoms with Gasteiger partial charge >= 0.3 is 0 Å². The summed E-state index contributed by atoms with van der Waals surface area (Å²) in [4.78, 5) is 14.2. The third-order valence-electron chi connectivity index (χ3n) is 4.49. The highest BCUT2D eigenvalue weighted by atomic mass is 32.2. The van der Waals surface area contributed by atoms with E-state index in [1.54, 1.807) is 19.2 Å². The van der Waals surface area contributed by atoms with E-state index in [2.05, 4.69) is 0 Å². The second kappa shape index (κ2) is 6.12. The third-order valence-corrected chi connectivity index (χ3v) is 6.24. The first kappa shape index (κ1) is 16.8. The molecule has 1 saturated heterocycles. The van der Waals surface area contributed by atoms with Crippen LogP contribution in [-0.2, 0) is 9.84 Å². The molecule has 0 bridgehead atoms. The van der Waals surface area contributed by atoms with Gasteiger partial charge in [-0.15, -0.1) is 0 Å². The molecule has 0 saturated carbocycles. The van der Waals surface area contributed by atoms with Crippen molar-refractivity contribution in [3.8, 4) is 5.75 Å². The Labute approximate surface area is 141 Å². The molecule has 24 heavy (non-hydrogen) atoms. The van der Waals surface area contributed by atoms with Crippen LogP contribution in [0.25, 0.3) is 11.0 Å². The minimum Gasteiger partial charge on any atom is -0.494 e. The predicted octanol–water partition coefficient (Wildman–Crippen LogP) is 2.40. The Balaban J connectivity index is 1.91. The molecule has 1 unspecified atom stereocenters. The molecule has 0 aliphatic carbocycles. The number of ether oxygens (including phenoxy) is 1. The second-order valence-corrected chi connectivity index (χ2v) is 8.35. The van der Waals surface area contributed by atoms with E-state index in [0.717, 1.165) is 16.7 Å². The van der Waals surface area contributed by atoms with E-state index in [1.807, 2.05) is 19.9 Å². The maximum absolute atomic E-state index is 12.7. The van der Waals surface area contributed by atoms with Gasteiger partial charge in [-0.25, -0.2) is 8.42 Å². The minimum atomic E-state index is -3.04. The molecule has 0 radical (unpaired) electrons. The molecule has 2 heterocycles. The number of carbonyl (C=O) groups excluding carboxylic acids is 1. The molecule has 3 rings (SSSR count). The largest absolute Gasteiger partial charge is 0.494 e. The topological polar surface area (TPSA) is 76.8 Å². The molecule has 1 fully saturated rings. The van der Waals surface area contributed by atoms with Crippen LogP contribution in [0.3, 0.4) is 0 Å². The van der Waals surface area contributed by atoms with Gasteiger partial charge < -0.3 is 14.1 Å². The quantitative estimate of drug-likeness (QED) is 0.845. The molecule has 1 aliphatic rings. The van der Waals surface area contributed by atoms with Crippen LogP contribution in [0.5, 0.6) is 5.75 Å². The summed E-state index contributed by atoms with van der Waals surface area (Å²) in [5.41, 5.74) is 1.36. The zero-order chi connectivity index (χ0) is 17.5. The summed E-state index contributed by atoms with van der Waals surface area (Å²) in [6.07, 6.45) is 0.471. The number of hydrogen-bond donors (Lipinski definition) is 0. The van der Waals surface area contributed by atoms with Crippen molar-refractivity contribution in [3.05, 3.63) is 29.5 Å². The van der Waals surface area contributed by atoms with Crippen LogP contribution < -0.4 is 4.74 Å². The summed E-state index contributed by atoms with van der Waals surface area (Å²) in [5, 5.41) is 0.830. The maximum atomic E-state index is 12.7. The van der Waals surface area contributed by atoms with Gasteiger partial charge in [0.05, 0.1) is 18.1 Å². The first-order chi connectivity index (χ1) is 11.3. The van der Waals surface area contributed by atoms with Crippen LogP contribution in [-0.4, -0.2) is 50.4 Å². The number of fused-ring (bicyclic) bond motifs is 1. The van der Waals surface area contributed by atoms with Crippen molar-refractivity contribution in [3.63, 3.8) is 0 Å². The Morgan fingerprint density at radius 3 is 2.79 bits per heavy atom. The minimum absolute atomic E-state index is 0.0169. The summed E-state index contributed by atoms with van der Waals surface area (Å²) < 4.78 is 34.5. The lowest BCUT2D eigenvalue weighted by molar-refractivity contribution is 0.0717. The van der Waals surface area contributed by atoms with Crippen LogP contribution in [0, 0.1) is 6.92 Å². The van der Waals surface area contributed by atoms with Gasteiger partial charge in [-0.05, 0) is 38.5 Å². The van der Waals surface area contributed by atoms with Crippen molar-refractivity contribution < 1.29 is 22.4 Å². The van der Waals surface area contributed by atoms with Crippen molar-refractivity contribution in [2.45, 2.75) is 26.3 Å². The predicted molar refractivity (Wildman–Crippen MR) is 91.3 cm³/mol. The molecular weight excluding hydrogens is 330 g/mol. The molecule has 1 aromatic heterocycles. The Morgan fingerprint density at radius 2 is 2.17 bits per heavy atom. The fourth-order valence-corrected chi connectivity index (χ4v) is 4.84. The summed E-state index contributed by atoms with van der Waals surface area (Å²) in [5.74, 6) is 0.840. The lowest BCUT2D eigenvalue weighted by Gasteiger charge is -2.22. The zero-order valence-electron chi connectivity index (χ0n) is 14.0. The normalized spacial score (nSPS) is 19.5. The number of hydrogen-bond acceptors (Lipinski definition) is 5. The van der Waals surface area contributed by atoms with Crippen molar-refractivity contribution in [1.29, 1.82) is 0 Å². The van der Waals surface area contributed by atoms with Gasteiger partial charge in [0.2, 0.25) is 0 Å². The van der Waals surface area contributed by atoms with Gasteiger partial charge in [-0.3, -0.25) is 4.79 Å². The standard InChI is InChI=1S/C17H21NO5S/c1-4-22-13-5-6-15-14(9-13)11(2)16(23-15)17(19)18(3)12-7-8-24(20,21)10-12/h5-6,9,12H,4,7-8,10H2,1-3H3. The average Bonchev–Trinajstić information content (AvgIpc) is 3.06. The number of sulfone groups is 1. The Hall–Kier alpha value is -2.02. The molecule has 130 valence electrons. The molecule has 6 nitrogen and oxygen atoms in total. The Bertz CT molecular complexity index is 884. The molecule has 1 aliphatic heterocycles. The number of carbonyl (C=O) groups is 1. The van der Waals surface area contributed by atoms with Crippen LogP contribution in [0.2, 0.25) is 0 Å². The molecule has 2 aromatic rings. The van der Waals surface area contributed by atoms with E-state index in [9.17, 15) is 13.2 Å². The van der Waals surface area contributed by atoms with Crippen LogP contribution in [0.4, 0.5) is 0 Å². The summed E-state index contributed by atoms with van der Waals surface area (Å²) in [6.45, 7) is 4.30. The van der Waals surface area contributed by atoms with E-state index in [0.29, 0.717) is 18.6 Å². The van der Waals surface area contributed by atoms with Crippen LogP contribution in [0.15, 0.2) is 22.6 Å². The van der Waals surface area contributed by atoms with Crippen molar-refractivity contribution in [2.24, 2.45) is 0 Å². The van der Waals surface area contributed by atoms with Gasteiger partial charge in [0.15, 0.2) is 15.6 Å². The molecule has 1 atom stereocenters. The van der Waals surface area contributed by atoms with E-state index >= 15 is 0 Å². The lowest BCUT2D eigenvalue weighted by Crippen LogP contribution is -2.37. The number of nitrogens with zero attached hydrogens (tertiary/aromatic N) is 1. The van der Waals surface area contributed by atoms with E-state index < -0.39 is 9.84 Å². The highest BCUT2D eigenvalue weighted by Crippen LogP contribution is 2.30. The molecule has 1 aromatic carbocycles. The SMILES string of the molecule is CCOc1ccc2oc(C(=O)N(C)C3CCS(=O)(=O)C3)c(C)c2c1. The Morgan fingerprint density at radius 1 is 1.42 bits per heavy atom. The first-order valence-electron chi connectivity index (χ1n) is 7.96. The monoisotopic (exact) mass is 351 g/mol. The average molecular weight is 351 g/mol. The fourth-order valence-electron chi connectivity index (χ4n) is 3.07. The molecule has 0 N–H and O–H groups in total. The molecular formula is C17H21NO5S. The Kier molecular flexibility index (Phi) is 4.29. The molecule has 0 spiro atoms. The second-order valence-electron chi connectivity index (χ2n) is 6.12.